The standard InChI is InChI=1S/C25H30BrN3O6/c1-4-33-25(31)21-14(2)35-24(28)17(12-27)22(21)15-10-18(26)23(19(11-15)32-3)34-13-20(30)29-16-8-6-5-7-9-16/h10-11,16,22H,4-9,13,28H2,1-3H3,(H,29,30). The Kier molecular flexibility index (Phi) is 9.04. The van der Waals surface area contributed by atoms with Crippen molar-refractivity contribution in [3.05, 3.63) is 45.0 Å². The Bertz CT molecular complexity index is 1090. The van der Waals surface area contributed by atoms with Gasteiger partial charge in [0.2, 0.25) is 5.88 Å². The highest BCUT2D eigenvalue weighted by atomic mass is 79.9. The first kappa shape index (κ1) is 26.4. The zero-order chi connectivity index (χ0) is 25.5. The summed E-state index contributed by atoms with van der Waals surface area (Å²) in [6, 6.07) is 5.57. The summed E-state index contributed by atoms with van der Waals surface area (Å²) in [7, 11) is 1.47. The molecule has 9 nitrogen and oxygen atoms in total. The maximum Gasteiger partial charge on any atom is 0.338 e. The SMILES string of the molecule is CCOC(=O)C1=C(C)OC(N)=C(C#N)C1c1cc(Br)c(OCC(=O)NC2CCCCC2)c(OC)c1. The number of esters is 1. The van der Waals surface area contributed by atoms with Crippen molar-refractivity contribution in [2.75, 3.05) is 20.3 Å². The molecular weight excluding hydrogens is 518 g/mol. The molecule has 1 fully saturated rings. The smallest absolute Gasteiger partial charge is 0.338 e. The lowest BCUT2D eigenvalue weighted by molar-refractivity contribution is -0.139. The second kappa shape index (κ2) is 12.0. The number of nitriles is 1. The lowest BCUT2D eigenvalue weighted by atomic mass is 9.83. The van der Waals surface area contributed by atoms with E-state index in [2.05, 4.69) is 21.2 Å². The van der Waals surface area contributed by atoms with Gasteiger partial charge in [-0.15, -0.1) is 0 Å². The molecule has 3 rings (SSSR count). The highest BCUT2D eigenvalue weighted by Gasteiger charge is 2.37. The molecule has 2 aliphatic rings. The molecule has 35 heavy (non-hydrogen) atoms. The number of methoxy groups -OCH3 is 1. The molecule has 0 radical (unpaired) electrons. The normalized spacial score (nSPS) is 18.4. The van der Waals surface area contributed by atoms with Gasteiger partial charge >= 0.3 is 5.97 Å². The van der Waals surface area contributed by atoms with Crippen molar-refractivity contribution in [3.8, 4) is 17.6 Å². The van der Waals surface area contributed by atoms with Gasteiger partial charge in [-0.1, -0.05) is 19.3 Å². The van der Waals surface area contributed by atoms with E-state index in [1.54, 1.807) is 26.0 Å². The van der Waals surface area contributed by atoms with Crippen LogP contribution in [0.4, 0.5) is 0 Å². The van der Waals surface area contributed by atoms with Crippen LogP contribution in [0.3, 0.4) is 0 Å². The first-order valence-electron chi connectivity index (χ1n) is 11.6. The Labute approximate surface area is 213 Å². The number of nitrogens with zero attached hydrogens (tertiary/aromatic N) is 1. The highest BCUT2D eigenvalue weighted by Crippen LogP contribution is 2.45. The molecule has 188 valence electrons. The molecule has 1 saturated carbocycles. The second-order valence-corrected chi connectivity index (χ2v) is 9.19. The van der Waals surface area contributed by atoms with E-state index in [1.807, 2.05) is 6.07 Å². The number of carbonyl (C=O) groups is 2. The highest BCUT2D eigenvalue weighted by molar-refractivity contribution is 9.10. The van der Waals surface area contributed by atoms with Gasteiger partial charge in [0.25, 0.3) is 5.91 Å². The van der Waals surface area contributed by atoms with Crippen LogP contribution in [-0.2, 0) is 19.1 Å². The lowest BCUT2D eigenvalue weighted by Gasteiger charge is -2.27. The number of hydrogen-bond donors (Lipinski definition) is 2. The summed E-state index contributed by atoms with van der Waals surface area (Å²) in [5, 5.41) is 12.8. The van der Waals surface area contributed by atoms with Gasteiger partial charge in [-0.2, -0.15) is 5.26 Å². The minimum absolute atomic E-state index is 0.0770. The number of halogens is 1. The summed E-state index contributed by atoms with van der Waals surface area (Å²) in [4.78, 5) is 25.2. The molecule has 1 unspecified atom stereocenters. The van der Waals surface area contributed by atoms with Crippen LogP contribution >= 0.6 is 15.9 Å². The number of nitrogens with one attached hydrogen (secondary N) is 1. The number of carbonyl (C=O) groups excluding carboxylic acids is 2. The summed E-state index contributed by atoms with van der Waals surface area (Å²) < 4.78 is 22.5. The van der Waals surface area contributed by atoms with Gasteiger partial charge in [0.05, 0.1) is 29.7 Å². The first-order chi connectivity index (χ1) is 16.8. The maximum atomic E-state index is 12.8. The van der Waals surface area contributed by atoms with Gasteiger partial charge in [0, 0.05) is 6.04 Å². The molecule has 0 spiro atoms. The number of benzene rings is 1. The molecule has 1 aromatic carbocycles. The summed E-state index contributed by atoms with van der Waals surface area (Å²) in [6.45, 7) is 3.27. The molecule has 1 aliphatic carbocycles. The largest absolute Gasteiger partial charge is 0.493 e. The Morgan fingerprint density at radius 1 is 1.29 bits per heavy atom. The fourth-order valence-electron chi connectivity index (χ4n) is 4.39. The van der Waals surface area contributed by atoms with E-state index in [0.29, 0.717) is 21.5 Å². The van der Waals surface area contributed by atoms with Crippen molar-refractivity contribution < 1.29 is 28.5 Å². The molecule has 0 saturated heterocycles. The van der Waals surface area contributed by atoms with Gasteiger partial charge in [-0.05, 0) is 60.3 Å². The summed E-state index contributed by atoms with van der Waals surface area (Å²) in [6.07, 6.45) is 5.39. The summed E-state index contributed by atoms with van der Waals surface area (Å²) in [5.41, 5.74) is 6.77. The van der Waals surface area contributed by atoms with Gasteiger partial charge in [-0.25, -0.2) is 4.79 Å². The van der Waals surface area contributed by atoms with Crippen LogP contribution in [0.25, 0.3) is 0 Å². The number of ether oxygens (including phenoxy) is 4. The summed E-state index contributed by atoms with van der Waals surface area (Å²) in [5.74, 6) is -0.826. The van der Waals surface area contributed by atoms with Crippen molar-refractivity contribution in [1.29, 1.82) is 5.26 Å². The number of rotatable bonds is 8. The second-order valence-electron chi connectivity index (χ2n) is 8.34. The Balaban J connectivity index is 1.89. The average molecular weight is 548 g/mol. The van der Waals surface area contributed by atoms with Crippen LogP contribution in [0.15, 0.2) is 39.4 Å². The van der Waals surface area contributed by atoms with Gasteiger partial charge in [0.1, 0.15) is 17.4 Å². The molecule has 3 N–H and O–H groups in total. The van der Waals surface area contributed by atoms with Gasteiger partial charge in [0.15, 0.2) is 18.1 Å². The lowest BCUT2D eigenvalue weighted by Crippen LogP contribution is -2.39. The monoisotopic (exact) mass is 547 g/mol. The molecule has 1 heterocycles. The van der Waals surface area contributed by atoms with E-state index in [9.17, 15) is 14.9 Å². The maximum absolute atomic E-state index is 12.8. The number of hydrogen-bond acceptors (Lipinski definition) is 8. The Morgan fingerprint density at radius 2 is 2.00 bits per heavy atom. The van der Waals surface area contributed by atoms with Crippen LogP contribution in [-0.4, -0.2) is 38.2 Å². The molecule has 1 aromatic rings. The topological polar surface area (TPSA) is 133 Å². The predicted molar refractivity (Wildman–Crippen MR) is 131 cm³/mol. The fraction of sp³-hybridized carbons (Fsp3) is 0.480. The molecule has 1 aliphatic heterocycles. The van der Waals surface area contributed by atoms with Crippen LogP contribution in [0, 0.1) is 11.3 Å². The van der Waals surface area contributed by atoms with E-state index >= 15 is 0 Å². The van der Waals surface area contributed by atoms with Crippen LogP contribution in [0.5, 0.6) is 11.5 Å². The Morgan fingerprint density at radius 3 is 2.63 bits per heavy atom. The van der Waals surface area contributed by atoms with Crippen molar-refractivity contribution >= 4 is 27.8 Å². The van der Waals surface area contributed by atoms with E-state index in [4.69, 9.17) is 24.7 Å². The zero-order valence-corrected chi connectivity index (χ0v) is 21.7. The quantitative estimate of drug-likeness (QED) is 0.467. The minimum atomic E-state index is -0.832. The van der Waals surface area contributed by atoms with Crippen LogP contribution in [0.2, 0.25) is 0 Å². The zero-order valence-electron chi connectivity index (χ0n) is 20.1. The van der Waals surface area contributed by atoms with E-state index in [-0.39, 0.29) is 48.0 Å². The minimum Gasteiger partial charge on any atom is -0.493 e. The number of amides is 1. The Hall–Kier alpha value is -3.19. The fourth-order valence-corrected chi connectivity index (χ4v) is 4.96. The van der Waals surface area contributed by atoms with Crippen molar-refractivity contribution in [2.24, 2.45) is 5.73 Å². The van der Waals surface area contributed by atoms with Crippen LogP contribution in [0.1, 0.15) is 57.4 Å². The van der Waals surface area contributed by atoms with Crippen molar-refractivity contribution in [3.63, 3.8) is 0 Å². The number of nitrogens with two attached hydrogens (primary N) is 1. The first-order valence-corrected chi connectivity index (χ1v) is 12.3. The average Bonchev–Trinajstić information content (AvgIpc) is 2.83. The predicted octanol–water partition coefficient (Wildman–Crippen LogP) is 3.93. The molecule has 1 amide bonds. The van der Waals surface area contributed by atoms with E-state index in [0.717, 1.165) is 25.7 Å². The molecular formula is C25H30BrN3O6. The summed E-state index contributed by atoms with van der Waals surface area (Å²) >= 11 is 3.48. The van der Waals surface area contributed by atoms with E-state index < -0.39 is 11.9 Å². The van der Waals surface area contributed by atoms with E-state index in [1.165, 1.54) is 13.5 Å². The molecule has 1 atom stereocenters. The molecule has 10 heteroatoms. The third-order valence-corrected chi connectivity index (χ3v) is 6.59. The molecule has 0 bridgehead atoms. The molecule has 0 aromatic heterocycles. The third kappa shape index (κ3) is 6.09. The van der Waals surface area contributed by atoms with Crippen LogP contribution < -0.4 is 20.5 Å². The number of allylic oxidation sites excluding steroid dienone is 2. The van der Waals surface area contributed by atoms with Gasteiger partial charge in [-0.3, -0.25) is 4.79 Å². The van der Waals surface area contributed by atoms with Crippen molar-refractivity contribution in [1.82, 2.24) is 5.32 Å². The van der Waals surface area contributed by atoms with Gasteiger partial charge < -0.3 is 30.0 Å². The van der Waals surface area contributed by atoms with Crippen molar-refractivity contribution in [2.45, 2.75) is 57.9 Å². The third-order valence-electron chi connectivity index (χ3n) is 6.00.